The zero-order valence-electron chi connectivity index (χ0n) is 8.00. The van der Waals surface area contributed by atoms with Gasteiger partial charge in [-0.05, 0) is 0 Å². The molecule has 1 rings (SSSR count). The minimum absolute atomic E-state index is 0.726. The molecule has 1 aromatic carbocycles. The van der Waals surface area contributed by atoms with Gasteiger partial charge in [0.2, 0.25) is 0 Å². The molecule has 1 aromatic rings. The van der Waals surface area contributed by atoms with Crippen LogP contribution in [0.15, 0.2) is 17.3 Å². The summed E-state index contributed by atoms with van der Waals surface area (Å²) in [5, 5.41) is 12.0. The van der Waals surface area contributed by atoms with Crippen LogP contribution in [0.4, 0.5) is 0 Å². The molecule has 0 aliphatic rings. The van der Waals surface area contributed by atoms with Gasteiger partial charge in [-0.25, -0.2) is 0 Å². The quantitative estimate of drug-likeness (QED) is 0.363. The molecule has 0 fully saturated rings. The van der Waals surface area contributed by atoms with Crippen LogP contribution in [-0.2, 0) is 0 Å². The van der Waals surface area contributed by atoms with Crippen LogP contribution in [0.2, 0.25) is 0 Å². The van der Waals surface area contributed by atoms with Crippen molar-refractivity contribution in [1.82, 2.24) is 0 Å². The summed E-state index contributed by atoms with van der Waals surface area (Å²) in [6.45, 7) is 6.15. The summed E-state index contributed by atoms with van der Waals surface area (Å²) in [5.41, 5.74) is 4.66. The van der Waals surface area contributed by atoms with E-state index in [1.165, 1.54) is 39.0 Å². The van der Waals surface area contributed by atoms with Crippen LogP contribution in [0.1, 0.15) is 22.3 Å². The van der Waals surface area contributed by atoms with Crippen LogP contribution in [0.25, 0.3) is 0 Å². The predicted molar refractivity (Wildman–Crippen MR) is 56.1 cm³/mol. The van der Waals surface area contributed by atoms with Crippen molar-refractivity contribution in [2.45, 2.75) is 20.8 Å². The molecule has 0 saturated heterocycles. The van der Waals surface area contributed by atoms with Gasteiger partial charge in [0.1, 0.15) is 0 Å². The predicted octanol–water partition coefficient (Wildman–Crippen LogP) is 1.65. The Morgan fingerprint density at radius 2 is 1.69 bits per heavy atom. The molecular weight excluding hydrogens is 278 g/mol. The molecule has 2 nitrogen and oxygen atoms in total. The second kappa shape index (κ2) is 4.13. The summed E-state index contributed by atoms with van der Waals surface area (Å²) in [7, 11) is 0. The second-order valence-corrected chi connectivity index (χ2v) is 4.41. The summed E-state index contributed by atoms with van der Waals surface area (Å²) < 4.78 is 0.726. The van der Waals surface area contributed by atoms with Crippen molar-refractivity contribution in [2.75, 3.05) is 0 Å². The van der Waals surface area contributed by atoms with Crippen LogP contribution in [-0.4, -0.2) is 31.3 Å². The molecule has 0 aliphatic heterocycles. The number of benzene rings is 1. The number of hydrogen-bond acceptors (Lipinski definition) is 2. The zero-order chi connectivity index (χ0) is 10.0. The van der Waals surface area contributed by atoms with Gasteiger partial charge in [0.05, 0.1) is 0 Å². The number of nitrogens with zero attached hydrogens (tertiary/aromatic N) is 1. The van der Waals surface area contributed by atoms with E-state index in [1.807, 2.05) is 13.8 Å². The third-order valence-corrected chi connectivity index (χ3v) is 2.89. The summed E-state index contributed by atoms with van der Waals surface area (Å²) in [6.07, 6.45) is 0. The molecular formula is C10H13NOTe. The summed E-state index contributed by atoms with van der Waals surface area (Å²) in [4.78, 5) is 0. The topological polar surface area (TPSA) is 32.6 Å². The van der Waals surface area contributed by atoms with E-state index in [9.17, 15) is 0 Å². The summed E-state index contributed by atoms with van der Waals surface area (Å²) in [6, 6.07) is 4.20. The van der Waals surface area contributed by atoms with Crippen molar-refractivity contribution >= 4 is 26.1 Å². The fraction of sp³-hybridized carbons (Fsp3) is 0.300. The molecule has 1 N–H and O–H groups in total. The van der Waals surface area contributed by atoms with Gasteiger partial charge in [0, 0.05) is 0 Å². The molecule has 0 atom stereocenters. The van der Waals surface area contributed by atoms with Gasteiger partial charge in [-0.15, -0.1) is 0 Å². The molecule has 13 heavy (non-hydrogen) atoms. The van der Waals surface area contributed by atoms with E-state index in [4.69, 9.17) is 5.21 Å². The molecule has 3 heteroatoms. The van der Waals surface area contributed by atoms with E-state index >= 15 is 0 Å². The fourth-order valence-corrected chi connectivity index (χ4v) is 2.59. The first kappa shape index (κ1) is 10.6. The maximum absolute atomic E-state index is 8.71. The Morgan fingerprint density at radius 3 is 2.08 bits per heavy atom. The molecule has 0 amide bonds. The average Bonchev–Trinajstić information content (AvgIpc) is 2.02. The third-order valence-electron chi connectivity index (χ3n) is 2.00. The van der Waals surface area contributed by atoms with E-state index in [1.54, 1.807) is 0 Å². The number of hydrogen-bond donors (Lipinski definition) is 1. The second-order valence-electron chi connectivity index (χ2n) is 3.20. The Bertz CT molecular complexity index is 335. The first-order chi connectivity index (χ1) is 6.06. The van der Waals surface area contributed by atoms with E-state index in [0.717, 1.165) is 9.32 Å². The third kappa shape index (κ3) is 2.24. The molecule has 0 radical (unpaired) electrons. The molecule has 0 aromatic heterocycles. The Hall–Kier alpha value is -0.520. The standard InChI is InChI=1S/C10H13NOTe/c1-6-4-7(2)9(8(3)5-6)10(13)11-12/h4-5,12H,1-3H3,(H,11,13). The normalized spacial score (nSPS) is 11.8. The Balaban J connectivity index is 3.37. The maximum atomic E-state index is 8.71. The van der Waals surface area contributed by atoms with Gasteiger partial charge in [-0.3, -0.25) is 0 Å². The molecule has 70 valence electrons. The van der Waals surface area contributed by atoms with Crippen molar-refractivity contribution in [1.29, 1.82) is 0 Å². The van der Waals surface area contributed by atoms with E-state index in [-0.39, 0.29) is 0 Å². The van der Waals surface area contributed by atoms with Crippen molar-refractivity contribution in [3.8, 4) is 0 Å². The van der Waals surface area contributed by atoms with Crippen molar-refractivity contribution in [3.63, 3.8) is 0 Å². The van der Waals surface area contributed by atoms with Crippen LogP contribution >= 0.6 is 0 Å². The van der Waals surface area contributed by atoms with Crippen molar-refractivity contribution < 1.29 is 5.21 Å². The van der Waals surface area contributed by atoms with Crippen LogP contribution < -0.4 is 0 Å². The zero-order valence-corrected chi connectivity index (χ0v) is 10.5. The molecule has 0 spiro atoms. The van der Waals surface area contributed by atoms with Crippen LogP contribution in [0, 0.1) is 20.8 Å². The number of rotatable bonds is 1. The van der Waals surface area contributed by atoms with E-state index in [0.29, 0.717) is 0 Å². The molecule has 0 bridgehead atoms. The molecule has 0 unspecified atom stereocenters. The summed E-state index contributed by atoms with van der Waals surface area (Å²) >= 11 is 1.44. The number of aryl methyl sites for hydroxylation is 3. The van der Waals surface area contributed by atoms with Crippen LogP contribution in [0.3, 0.4) is 0 Å². The average molecular weight is 291 g/mol. The van der Waals surface area contributed by atoms with Gasteiger partial charge < -0.3 is 0 Å². The minimum atomic E-state index is 0.726. The Labute approximate surface area is 91.6 Å². The molecule has 0 heterocycles. The first-order valence-corrected chi connectivity index (χ1v) is 5.33. The van der Waals surface area contributed by atoms with E-state index in [2.05, 4.69) is 24.2 Å². The van der Waals surface area contributed by atoms with Gasteiger partial charge in [-0.2, -0.15) is 0 Å². The van der Waals surface area contributed by atoms with Gasteiger partial charge >= 0.3 is 91.6 Å². The Morgan fingerprint density at radius 1 is 1.23 bits per heavy atom. The van der Waals surface area contributed by atoms with Crippen LogP contribution in [0.5, 0.6) is 0 Å². The van der Waals surface area contributed by atoms with Gasteiger partial charge in [0.15, 0.2) is 0 Å². The monoisotopic (exact) mass is 293 g/mol. The van der Waals surface area contributed by atoms with Gasteiger partial charge in [0.25, 0.3) is 0 Å². The van der Waals surface area contributed by atoms with Crippen molar-refractivity contribution in [3.05, 3.63) is 34.4 Å². The van der Waals surface area contributed by atoms with Gasteiger partial charge in [-0.1, -0.05) is 0 Å². The SMILES string of the molecule is Cc1cc(C)c(C([TeH])=NO)c(C)c1. The Kier molecular flexibility index (Phi) is 3.35. The summed E-state index contributed by atoms with van der Waals surface area (Å²) in [5.74, 6) is 0. The fourth-order valence-electron chi connectivity index (χ4n) is 1.58. The van der Waals surface area contributed by atoms with Crippen molar-refractivity contribution in [2.24, 2.45) is 5.16 Å². The molecule has 0 aliphatic carbocycles. The molecule has 0 saturated carbocycles. The van der Waals surface area contributed by atoms with E-state index < -0.39 is 0 Å². The first-order valence-electron chi connectivity index (χ1n) is 4.05. The number of oxime groups is 1.